The molecule has 0 atom stereocenters. The van der Waals surface area contributed by atoms with Crippen LogP contribution >= 0.6 is 0 Å². The summed E-state index contributed by atoms with van der Waals surface area (Å²) in [5, 5.41) is 13.4. The molecule has 4 nitrogen and oxygen atoms in total. The lowest BCUT2D eigenvalue weighted by Gasteiger charge is -2.37. The highest BCUT2D eigenvalue weighted by atomic mass is 16.4. The number of hydrogen-bond donors (Lipinski definition) is 1. The molecule has 1 heterocycles. The number of benzene rings is 1. The van der Waals surface area contributed by atoms with Crippen molar-refractivity contribution >= 4 is 5.97 Å². The van der Waals surface area contributed by atoms with Crippen molar-refractivity contribution in [3.8, 4) is 11.3 Å². The van der Waals surface area contributed by atoms with E-state index in [2.05, 4.69) is 44.1 Å². The summed E-state index contributed by atoms with van der Waals surface area (Å²) in [6.45, 7) is 7.03. The van der Waals surface area contributed by atoms with E-state index in [1.807, 2.05) is 13.1 Å². The van der Waals surface area contributed by atoms with Gasteiger partial charge in [-0.3, -0.25) is 4.68 Å². The van der Waals surface area contributed by atoms with Crippen LogP contribution in [0, 0.1) is 11.3 Å². The fraction of sp³-hybridized carbons (Fsp3) is 0.524. The second-order valence-corrected chi connectivity index (χ2v) is 8.35. The van der Waals surface area contributed by atoms with Gasteiger partial charge in [0.05, 0.1) is 5.69 Å². The zero-order valence-corrected chi connectivity index (χ0v) is 15.6. The van der Waals surface area contributed by atoms with Gasteiger partial charge >= 0.3 is 5.97 Å². The van der Waals surface area contributed by atoms with Crippen molar-refractivity contribution in [2.45, 2.75) is 52.4 Å². The Morgan fingerprint density at radius 1 is 1.16 bits per heavy atom. The Kier molecular flexibility index (Phi) is 4.72. The van der Waals surface area contributed by atoms with Gasteiger partial charge in [0.15, 0.2) is 5.69 Å². The van der Waals surface area contributed by atoms with E-state index in [4.69, 9.17) is 0 Å². The highest BCUT2D eigenvalue weighted by Crippen LogP contribution is 2.45. The van der Waals surface area contributed by atoms with E-state index in [0.717, 1.165) is 17.2 Å². The molecule has 4 heteroatoms. The minimum absolute atomic E-state index is 0.101. The molecular weight excluding hydrogens is 312 g/mol. The van der Waals surface area contributed by atoms with Crippen molar-refractivity contribution < 1.29 is 9.90 Å². The molecule has 0 amide bonds. The number of carboxylic acid groups (broad SMARTS) is 1. The van der Waals surface area contributed by atoms with Crippen molar-refractivity contribution in [1.82, 2.24) is 9.78 Å². The SMILES string of the molecule is Cn1nc(C(=O)O)cc1-c1ccccc1C1CCC(C(C)(C)C)CC1. The van der Waals surface area contributed by atoms with Crippen LogP contribution in [0.2, 0.25) is 0 Å². The van der Waals surface area contributed by atoms with Crippen LogP contribution in [-0.4, -0.2) is 20.9 Å². The molecule has 134 valence electrons. The Balaban J connectivity index is 1.89. The van der Waals surface area contributed by atoms with E-state index in [0.29, 0.717) is 11.3 Å². The van der Waals surface area contributed by atoms with Crippen LogP contribution in [0.1, 0.15) is 68.4 Å². The molecule has 1 aliphatic carbocycles. The third-order valence-corrected chi connectivity index (χ3v) is 5.73. The predicted molar refractivity (Wildman–Crippen MR) is 99.8 cm³/mol. The van der Waals surface area contributed by atoms with Crippen molar-refractivity contribution in [2.75, 3.05) is 0 Å². The molecule has 1 fully saturated rings. The Bertz CT molecular complexity index is 762. The number of aromatic nitrogens is 2. The Labute approximate surface area is 149 Å². The minimum Gasteiger partial charge on any atom is -0.476 e. The van der Waals surface area contributed by atoms with Crippen LogP contribution in [0.15, 0.2) is 30.3 Å². The van der Waals surface area contributed by atoms with E-state index in [9.17, 15) is 9.90 Å². The fourth-order valence-corrected chi connectivity index (χ4v) is 4.18. The van der Waals surface area contributed by atoms with E-state index in [-0.39, 0.29) is 5.69 Å². The zero-order valence-electron chi connectivity index (χ0n) is 15.6. The predicted octanol–water partition coefficient (Wildman–Crippen LogP) is 5.11. The number of aryl methyl sites for hydroxylation is 1. The molecule has 1 aromatic carbocycles. The molecule has 0 aliphatic heterocycles. The van der Waals surface area contributed by atoms with Crippen LogP contribution < -0.4 is 0 Å². The molecule has 0 radical (unpaired) electrons. The maximum Gasteiger partial charge on any atom is 0.356 e. The lowest BCUT2D eigenvalue weighted by molar-refractivity contribution is 0.0689. The van der Waals surface area contributed by atoms with Gasteiger partial charge in [0, 0.05) is 12.6 Å². The number of nitrogens with zero attached hydrogens (tertiary/aromatic N) is 2. The molecule has 3 rings (SSSR count). The molecule has 1 aromatic heterocycles. The van der Waals surface area contributed by atoms with Crippen LogP contribution in [0.5, 0.6) is 0 Å². The summed E-state index contributed by atoms with van der Waals surface area (Å²) < 4.78 is 1.68. The molecule has 0 unspecified atom stereocenters. The van der Waals surface area contributed by atoms with Crippen molar-refractivity contribution in [3.63, 3.8) is 0 Å². The van der Waals surface area contributed by atoms with Gasteiger partial charge in [0.25, 0.3) is 0 Å². The summed E-state index contributed by atoms with van der Waals surface area (Å²) in [4.78, 5) is 11.2. The second-order valence-electron chi connectivity index (χ2n) is 8.35. The summed E-state index contributed by atoms with van der Waals surface area (Å²) in [5.74, 6) is 0.342. The fourth-order valence-electron chi connectivity index (χ4n) is 4.18. The van der Waals surface area contributed by atoms with Crippen molar-refractivity contribution in [3.05, 3.63) is 41.6 Å². The summed E-state index contributed by atoms with van der Waals surface area (Å²) in [7, 11) is 1.81. The Hall–Kier alpha value is -2.10. The quantitative estimate of drug-likeness (QED) is 0.845. The Morgan fingerprint density at radius 3 is 2.36 bits per heavy atom. The van der Waals surface area contributed by atoms with Gasteiger partial charge in [-0.05, 0) is 54.6 Å². The van der Waals surface area contributed by atoms with Crippen molar-refractivity contribution in [1.29, 1.82) is 0 Å². The average Bonchev–Trinajstić information content (AvgIpc) is 2.96. The first-order chi connectivity index (χ1) is 11.8. The maximum atomic E-state index is 11.2. The molecule has 0 bridgehead atoms. The van der Waals surface area contributed by atoms with E-state index < -0.39 is 5.97 Å². The van der Waals surface area contributed by atoms with Gasteiger partial charge in [0.2, 0.25) is 0 Å². The number of rotatable bonds is 3. The topological polar surface area (TPSA) is 55.1 Å². The number of hydrogen-bond acceptors (Lipinski definition) is 2. The number of aromatic carboxylic acids is 1. The summed E-state index contributed by atoms with van der Waals surface area (Å²) >= 11 is 0. The maximum absolute atomic E-state index is 11.2. The molecule has 0 saturated heterocycles. The molecular formula is C21H28N2O2. The van der Waals surface area contributed by atoms with Gasteiger partial charge in [0.1, 0.15) is 0 Å². The van der Waals surface area contributed by atoms with Crippen LogP contribution in [-0.2, 0) is 7.05 Å². The number of carbonyl (C=O) groups is 1. The molecule has 1 N–H and O–H groups in total. The smallest absolute Gasteiger partial charge is 0.356 e. The first kappa shape index (κ1) is 17.7. The van der Waals surface area contributed by atoms with Crippen LogP contribution in [0.25, 0.3) is 11.3 Å². The zero-order chi connectivity index (χ0) is 18.2. The molecule has 2 aromatic rings. The largest absolute Gasteiger partial charge is 0.476 e. The number of carboxylic acids is 1. The highest BCUT2D eigenvalue weighted by molar-refractivity contribution is 5.87. The molecule has 25 heavy (non-hydrogen) atoms. The standard InChI is InChI=1S/C21H28N2O2/c1-21(2,3)15-11-9-14(10-12-15)16-7-5-6-8-17(16)19-13-18(20(24)25)22-23(19)4/h5-8,13-15H,9-12H2,1-4H3,(H,24,25). The van der Waals surface area contributed by atoms with E-state index in [1.165, 1.54) is 31.2 Å². The molecule has 0 spiro atoms. The van der Waals surface area contributed by atoms with Crippen LogP contribution in [0.3, 0.4) is 0 Å². The van der Waals surface area contributed by atoms with E-state index in [1.54, 1.807) is 10.7 Å². The van der Waals surface area contributed by atoms with Gasteiger partial charge < -0.3 is 5.11 Å². The van der Waals surface area contributed by atoms with Gasteiger partial charge in [-0.25, -0.2) is 4.79 Å². The van der Waals surface area contributed by atoms with Crippen LogP contribution in [0.4, 0.5) is 0 Å². The van der Waals surface area contributed by atoms with Gasteiger partial charge in [-0.2, -0.15) is 5.10 Å². The summed E-state index contributed by atoms with van der Waals surface area (Å²) in [6, 6.07) is 10.1. The van der Waals surface area contributed by atoms with Crippen molar-refractivity contribution in [2.24, 2.45) is 18.4 Å². The second kappa shape index (κ2) is 6.66. The minimum atomic E-state index is -0.981. The monoisotopic (exact) mass is 340 g/mol. The Morgan fingerprint density at radius 2 is 1.80 bits per heavy atom. The third kappa shape index (κ3) is 3.63. The first-order valence-electron chi connectivity index (χ1n) is 9.14. The summed E-state index contributed by atoms with van der Waals surface area (Å²) in [6.07, 6.45) is 4.91. The lowest BCUT2D eigenvalue weighted by Crippen LogP contribution is -2.25. The average molecular weight is 340 g/mol. The molecule has 1 saturated carbocycles. The van der Waals surface area contributed by atoms with Gasteiger partial charge in [-0.1, -0.05) is 45.0 Å². The first-order valence-corrected chi connectivity index (χ1v) is 9.14. The lowest BCUT2D eigenvalue weighted by atomic mass is 9.68. The summed E-state index contributed by atoms with van der Waals surface area (Å²) in [5.41, 5.74) is 3.80. The normalized spacial score (nSPS) is 21.3. The highest BCUT2D eigenvalue weighted by Gasteiger charge is 2.31. The van der Waals surface area contributed by atoms with Gasteiger partial charge in [-0.15, -0.1) is 0 Å². The molecule has 1 aliphatic rings. The van der Waals surface area contributed by atoms with E-state index >= 15 is 0 Å². The third-order valence-electron chi connectivity index (χ3n) is 5.73.